The zero-order chi connectivity index (χ0) is 19.9. The van der Waals surface area contributed by atoms with Crippen LogP contribution < -0.4 is 0 Å². The van der Waals surface area contributed by atoms with Crippen molar-refractivity contribution in [3.05, 3.63) is 83.1 Å². The van der Waals surface area contributed by atoms with Crippen molar-refractivity contribution in [2.24, 2.45) is 0 Å². The maximum Gasteiger partial charge on any atom is 0.373 e. The Morgan fingerprint density at radius 2 is 1.82 bits per heavy atom. The zero-order valence-corrected chi connectivity index (χ0v) is 16.5. The van der Waals surface area contributed by atoms with Crippen LogP contribution in [-0.4, -0.2) is 32.1 Å². The summed E-state index contributed by atoms with van der Waals surface area (Å²) in [5.74, 6) is -0.815. The summed E-state index contributed by atoms with van der Waals surface area (Å²) in [6, 6.07) is 17.1. The molecule has 0 amide bonds. The van der Waals surface area contributed by atoms with Gasteiger partial charge in [-0.2, -0.15) is 4.31 Å². The van der Waals surface area contributed by atoms with Crippen molar-refractivity contribution in [2.45, 2.75) is 24.6 Å². The van der Waals surface area contributed by atoms with Gasteiger partial charge in [-0.1, -0.05) is 54.6 Å². The maximum atomic E-state index is 12.7. The third-order valence-corrected chi connectivity index (χ3v) is 6.52. The average Bonchev–Trinajstić information content (AvgIpc) is 3.02. The Balaban J connectivity index is 1.91. The van der Waals surface area contributed by atoms with Gasteiger partial charge in [-0.3, -0.25) is 0 Å². The number of carbonyl (C=O) groups is 1. The van der Waals surface area contributed by atoms with Crippen LogP contribution in [0.3, 0.4) is 0 Å². The van der Waals surface area contributed by atoms with E-state index in [-0.39, 0.29) is 18.2 Å². The number of fused-ring (bicyclic) bond motifs is 2. The molecule has 2 aromatic carbocycles. The van der Waals surface area contributed by atoms with Gasteiger partial charge in [-0.15, -0.1) is 0 Å². The van der Waals surface area contributed by atoms with Crippen molar-refractivity contribution in [3.8, 4) is 0 Å². The normalized spacial score (nSPS) is 24.4. The monoisotopic (exact) mass is 399 g/mol. The highest BCUT2D eigenvalue weighted by Gasteiger charge is 2.55. The zero-order valence-electron chi connectivity index (χ0n) is 15.7. The molecule has 0 aliphatic carbocycles. The van der Waals surface area contributed by atoms with E-state index in [4.69, 9.17) is 9.47 Å². The number of nitrogens with zero attached hydrogens (tertiary/aromatic N) is 1. The quantitative estimate of drug-likeness (QED) is 0.742. The first kappa shape index (κ1) is 18.7. The van der Waals surface area contributed by atoms with Crippen molar-refractivity contribution in [1.29, 1.82) is 0 Å². The molecule has 6 nitrogen and oxygen atoms in total. The first-order valence-corrected chi connectivity index (χ1v) is 10.8. The van der Waals surface area contributed by atoms with Gasteiger partial charge in [0.25, 0.3) is 0 Å². The van der Waals surface area contributed by atoms with Gasteiger partial charge in [0.15, 0.2) is 0 Å². The Hall–Kier alpha value is -2.64. The molecule has 2 aliphatic rings. The van der Waals surface area contributed by atoms with Gasteiger partial charge in [-0.25, -0.2) is 13.2 Å². The first-order chi connectivity index (χ1) is 13.3. The van der Waals surface area contributed by atoms with Crippen LogP contribution in [0, 0.1) is 0 Å². The van der Waals surface area contributed by atoms with Crippen molar-refractivity contribution < 1.29 is 22.7 Å². The summed E-state index contributed by atoms with van der Waals surface area (Å²) >= 11 is 0. The van der Waals surface area contributed by atoms with Crippen molar-refractivity contribution in [3.63, 3.8) is 0 Å². The van der Waals surface area contributed by atoms with Crippen molar-refractivity contribution in [2.75, 3.05) is 13.4 Å². The molecule has 146 valence electrons. The molecule has 1 spiro atoms. The first-order valence-electron chi connectivity index (χ1n) is 8.95. The summed E-state index contributed by atoms with van der Waals surface area (Å²) in [5.41, 5.74) is 1.31. The molecule has 0 N–H and O–H groups in total. The van der Waals surface area contributed by atoms with Gasteiger partial charge in [-0.05, 0) is 17.2 Å². The van der Waals surface area contributed by atoms with Crippen molar-refractivity contribution in [1.82, 2.24) is 4.31 Å². The number of hydrogen-bond donors (Lipinski definition) is 0. The molecule has 4 rings (SSSR count). The number of methoxy groups -OCH3 is 1. The second kappa shape index (κ2) is 6.76. The number of allylic oxidation sites excluding steroid dienone is 1. The molecule has 2 heterocycles. The molecule has 2 aliphatic heterocycles. The number of benzene rings is 2. The second-order valence-corrected chi connectivity index (χ2v) is 8.96. The molecule has 7 heteroatoms. The van der Waals surface area contributed by atoms with Crippen LogP contribution >= 0.6 is 0 Å². The van der Waals surface area contributed by atoms with E-state index < -0.39 is 21.7 Å². The maximum absolute atomic E-state index is 12.7. The highest BCUT2D eigenvalue weighted by molar-refractivity contribution is 7.88. The van der Waals surface area contributed by atoms with E-state index >= 15 is 0 Å². The van der Waals surface area contributed by atoms with Crippen LogP contribution in [0.1, 0.15) is 29.0 Å². The molecule has 0 saturated carbocycles. The molecule has 2 atom stereocenters. The fourth-order valence-corrected chi connectivity index (χ4v) is 5.20. The van der Waals surface area contributed by atoms with Gasteiger partial charge in [0, 0.05) is 24.4 Å². The van der Waals surface area contributed by atoms with Gasteiger partial charge in [0.05, 0.1) is 13.4 Å². The average molecular weight is 399 g/mol. The van der Waals surface area contributed by atoms with Gasteiger partial charge < -0.3 is 9.47 Å². The molecule has 0 aromatic heterocycles. The fraction of sp³-hybridized carbons (Fsp3) is 0.286. The van der Waals surface area contributed by atoms with E-state index in [0.29, 0.717) is 6.42 Å². The fourth-order valence-electron chi connectivity index (χ4n) is 4.08. The number of ether oxygens (including phenoxy) is 2. The largest absolute Gasteiger partial charge is 0.463 e. The Labute approximate surface area is 164 Å². The lowest BCUT2D eigenvalue weighted by atomic mass is 9.84. The molecular formula is C21H21NO5S. The molecule has 0 bridgehead atoms. The molecular weight excluding hydrogens is 378 g/mol. The van der Waals surface area contributed by atoms with E-state index in [1.165, 1.54) is 11.4 Å². The topological polar surface area (TPSA) is 72.9 Å². The smallest absolute Gasteiger partial charge is 0.373 e. The minimum atomic E-state index is -3.61. The number of hydrogen-bond acceptors (Lipinski definition) is 5. The lowest BCUT2D eigenvalue weighted by molar-refractivity contribution is -0.154. The van der Waals surface area contributed by atoms with E-state index in [1.54, 1.807) is 6.08 Å². The summed E-state index contributed by atoms with van der Waals surface area (Å²) in [6.07, 6.45) is 3.24. The lowest BCUT2D eigenvalue weighted by Gasteiger charge is -2.42. The molecule has 2 aromatic rings. The van der Waals surface area contributed by atoms with Crippen LogP contribution in [0.2, 0.25) is 0 Å². The molecule has 28 heavy (non-hydrogen) atoms. The number of rotatable bonds is 3. The molecule has 0 unspecified atom stereocenters. The summed E-state index contributed by atoms with van der Waals surface area (Å²) < 4.78 is 37.7. The summed E-state index contributed by atoms with van der Waals surface area (Å²) in [6.45, 7) is 0.199. The number of esters is 1. The van der Waals surface area contributed by atoms with Crippen LogP contribution in [0.25, 0.3) is 0 Å². The predicted octanol–water partition coefficient (Wildman–Crippen LogP) is 2.88. The Morgan fingerprint density at radius 1 is 1.14 bits per heavy atom. The third kappa shape index (κ3) is 3.00. The number of carbonyl (C=O) groups excluding carboxylic acids is 1. The van der Waals surface area contributed by atoms with Crippen LogP contribution in [0.4, 0.5) is 0 Å². The minimum Gasteiger partial charge on any atom is -0.463 e. The second-order valence-electron chi connectivity index (χ2n) is 7.06. The molecule has 0 radical (unpaired) electrons. The Kier molecular flexibility index (Phi) is 4.51. The lowest BCUT2D eigenvalue weighted by Crippen LogP contribution is -2.49. The van der Waals surface area contributed by atoms with Gasteiger partial charge in [0.2, 0.25) is 21.5 Å². The van der Waals surface area contributed by atoms with Crippen LogP contribution in [0.15, 0.2) is 66.4 Å². The molecule has 0 fully saturated rings. The van der Waals surface area contributed by atoms with Crippen LogP contribution in [0.5, 0.6) is 0 Å². The third-order valence-electron chi connectivity index (χ3n) is 5.30. The Bertz CT molecular complexity index is 1050. The number of sulfonamides is 1. The van der Waals surface area contributed by atoms with Gasteiger partial charge >= 0.3 is 5.97 Å². The van der Waals surface area contributed by atoms with E-state index in [9.17, 15) is 13.2 Å². The predicted molar refractivity (Wildman–Crippen MR) is 103 cm³/mol. The van der Waals surface area contributed by atoms with E-state index in [1.807, 2.05) is 54.6 Å². The summed E-state index contributed by atoms with van der Waals surface area (Å²) in [5, 5.41) is 0. The highest BCUT2D eigenvalue weighted by Crippen LogP contribution is 2.51. The van der Waals surface area contributed by atoms with Crippen LogP contribution in [-0.2, 0) is 36.6 Å². The molecule has 0 saturated heterocycles. The Morgan fingerprint density at radius 3 is 2.50 bits per heavy atom. The van der Waals surface area contributed by atoms with Crippen molar-refractivity contribution >= 4 is 16.0 Å². The summed E-state index contributed by atoms with van der Waals surface area (Å²) in [4.78, 5) is 12.4. The SMILES string of the molecule is COC(=O)C1=C[C@H](c2ccccc2)C[C@@]2(O1)c1ccccc1CN2S(C)(=O)=O. The van der Waals surface area contributed by atoms with Gasteiger partial charge in [0.1, 0.15) is 0 Å². The standard InChI is InChI=1S/C21H21NO5S/c1-26-20(23)19-12-17(15-8-4-3-5-9-15)13-21(27-19)18-11-7-6-10-16(18)14-22(21)28(2,24)25/h3-12,17H,13-14H2,1-2H3/t17-,21+/m0/s1. The summed E-state index contributed by atoms with van der Waals surface area (Å²) in [7, 11) is -2.33. The highest BCUT2D eigenvalue weighted by atomic mass is 32.2. The van der Waals surface area contributed by atoms with E-state index in [2.05, 4.69) is 0 Å². The van der Waals surface area contributed by atoms with E-state index in [0.717, 1.165) is 22.9 Å². The minimum absolute atomic E-state index is 0.0213.